The van der Waals surface area contributed by atoms with Gasteiger partial charge >= 0.3 is 0 Å². The molecule has 0 spiro atoms. The van der Waals surface area contributed by atoms with Crippen molar-refractivity contribution in [2.24, 2.45) is 0 Å². The molecular weight excluding hydrogens is 158 g/mol. The Balaban J connectivity index is 2.34. The topological polar surface area (TPSA) is 3.24 Å². The van der Waals surface area contributed by atoms with Gasteiger partial charge < -0.3 is 4.90 Å². The standard InChI is InChI=1S/C12H23N/c1-4-8-13-9-6-7-12(13)10-11(3)5-2/h12H,3-10H2,1-2H3. The van der Waals surface area contributed by atoms with Gasteiger partial charge in [-0.05, 0) is 45.2 Å². The van der Waals surface area contributed by atoms with Crippen molar-refractivity contribution in [3.8, 4) is 0 Å². The van der Waals surface area contributed by atoms with Crippen LogP contribution in [-0.2, 0) is 0 Å². The number of hydrogen-bond acceptors (Lipinski definition) is 1. The first-order valence-electron chi connectivity index (χ1n) is 5.68. The zero-order valence-electron chi connectivity index (χ0n) is 9.18. The van der Waals surface area contributed by atoms with E-state index in [4.69, 9.17) is 0 Å². The molecule has 0 aromatic rings. The molecule has 0 bridgehead atoms. The monoisotopic (exact) mass is 181 g/mol. The molecule has 1 nitrogen and oxygen atoms in total. The Morgan fingerprint density at radius 3 is 2.85 bits per heavy atom. The fourth-order valence-corrected chi connectivity index (χ4v) is 2.19. The normalized spacial score (nSPS) is 23.7. The molecule has 0 aromatic carbocycles. The second-order valence-corrected chi connectivity index (χ2v) is 4.14. The van der Waals surface area contributed by atoms with Crippen LogP contribution in [0, 0.1) is 0 Å². The highest BCUT2D eigenvalue weighted by atomic mass is 15.2. The van der Waals surface area contributed by atoms with Gasteiger partial charge in [0, 0.05) is 6.04 Å². The molecule has 0 aliphatic carbocycles. The molecule has 1 heteroatoms. The molecule has 1 rings (SSSR count). The molecular formula is C12H23N. The summed E-state index contributed by atoms with van der Waals surface area (Å²) < 4.78 is 0. The van der Waals surface area contributed by atoms with Gasteiger partial charge in [-0.2, -0.15) is 0 Å². The SMILES string of the molecule is C=C(CC)CC1CCCN1CCC. The largest absolute Gasteiger partial charge is 0.300 e. The molecule has 0 amide bonds. The van der Waals surface area contributed by atoms with Gasteiger partial charge in [0.15, 0.2) is 0 Å². The minimum absolute atomic E-state index is 0.812. The number of nitrogens with zero attached hydrogens (tertiary/aromatic N) is 1. The lowest BCUT2D eigenvalue weighted by Crippen LogP contribution is -2.30. The minimum atomic E-state index is 0.812. The molecule has 0 N–H and O–H groups in total. The van der Waals surface area contributed by atoms with Crippen LogP contribution in [-0.4, -0.2) is 24.0 Å². The Bertz CT molecular complexity index is 163. The average molecular weight is 181 g/mol. The highest BCUT2D eigenvalue weighted by Crippen LogP contribution is 2.23. The van der Waals surface area contributed by atoms with Crippen LogP contribution in [0.15, 0.2) is 12.2 Å². The zero-order chi connectivity index (χ0) is 9.68. The van der Waals surface area contributed by atoms with Crippen LogP contribution in [0.1, 0.15) is 46.0 Å². The van der Waals surface area contributed by atoms with Crippen LogP contribution in [0.2, 0.25) is 0 Å². The van der Waals surface area contributed by atoms with Crippen molar-refractivity contribution < 1.29 is 0 Å². The highest BCUT2D eigenvalue weighted by Gasteiger charge is 2.23. The second kappa shape index (κ2) is 5.43. The predicted octanol–water partition coefficient (Wildman–Crippen LogP) is 3.22. The third-order valence-corrected chi connectivity index (χ3v) is 3.03. The lowest BCUT2D eigenvalue weighted by Gasteiger charge is -2.24. The van der Waals surface area contributed by atoms with Gasteiger partial charge in [-0.3, -0.25) is 0 Å². The molecule has 76 valence electrons. The first kappa shape index (κ1) is 10.8. The Morgan fingerprint density at radius 1 is 1.46 bits per heavy atom. The Morgan fingerprint density at radius 2 is 2.23 bits per heavy atom. The minimum Gasteiger partial charge on any atom is -0.300 e. The lowest BCUT2D eigenvalue weighted by molar-refractivity contribution is 0.252. The van der Waals surface area contributed by atoms with E-state index in [9.17, 15) is 0 Å². The molecule has 1 saturated heterocycles. The third kappa shape index (κ3) is 3.15. The van der Waals surface area contributed by atoms with Crippen molar-refractivity contribution in [2.45, 2.75) is 52.0 Å². The molecule has 0 saturated carbocycles. The molecule has 1 aliphatic rings. The second-order valence-electron chi connectivity index (χ2n) is 4.14. The van der Waals surface area contributed by atoms with Gasteiger partial charge in [-0.1, -0.05) is 26.0 Å². The van der Waals surface area contributed by atoms with E-state index in [1.807, 2.05) is 0 Å². The van der Waals surface area contributed by atoms with Crippen LogP contribution in [0.25, 0.3) is 0 Å². The van der Waals surface area contributed by atoms with Gasteiger partial charge in [0.2, 0.25) is 0 Å². The summed E-state index contributed by atoms with van der Waals surface area (Å²) in [5.41, 5.74) is 1.42. The summed E-state index contributed by atoms with van der Waals surface area (Å²) >= 11 is 0. The molecule has 0 aromatic heterocycles. The fourth-order valence-electron chi connectivity index (χ4n) is 2.19. The highest BCUT2D eigenvalue weighted by molar-refractivity contribution is 4.98. The van der Waals surface area contributed by atoms with Crippen LogP contribution in [0.3, 0.4) is 0 Å². The van der Waals surface area contributed by atoms with E-state index in [-0.39, 0.29) is 0 Å². The lowest BCUT2D eigenvalue weighted by atomic mass is 10.0. The third-order valence-electron chi connectivity index (χ3n) is 3.03. The van der Waals surface area contributed by atoms with E-state index in [2.05, 4.69) is 25.3 Å². The van der Waals surface area contributed by atoms with E-state index >= 15 is 0 Å². The first-order valence-corrected chi connectivity index (χ1v) is 5.68. The van der Waals surface area contributed by atoms with E-state index in [0.717, 1.165) is 12.5 Å². The Labute approximate surface area is 82.8 Å². The van der Waals surface area contributed by atoms with Crippen molar-refractivity contribution in [2.75, 3.05) is 13.1 Å². The van der Waals surface area contributed by atoms with E-state index < -0.39 is 0 Å². The molecule has 1 fully saturated rings. The van der Waals surface area contributed by atoms with Crippen LogP contribution in [0.5, 0.6) is 0 Å². The van der Waals surface area contributed by atoms with E-state index in [0.29, 0.717) is 0 Å². The Hall–Kier alpha value is -0.300. The van der Waals surface area contributed by atoms with Crippen LogP contribution < -0.4 is 0 Å². The quantitative estimate of drug-likeness (QED) is 0.589. The molecule has 1 heterocycles. The summed E-state index contributed by atoms with van der Waals surface area (Å²) in [6, 6.07) is 0.812. The van der Waals surface area contributed by atoms with Crippen LogP contribution in [0.4, 0.5) is 0 Å². The van der Waals surface area contributed by atoms with Gasteiger partial charge in [0.1, 0.15) is 0 Å². The molecule has 1 atom stereocenters. The molecule has 0 radical (unpaired) electrons. The molecule has 13 heavy (non-hydrogen) atoms. The number of rotatable bonds is 5. The van der Waals surface area contributed by atoms with Gasteiger partial charge in [0.05, 0.1) is 0 Å². The van der Waals surface area contributed by atoms with Crippen molar-refractivity contribution in [3.63, 3.8) is 0 Å². The maximum Gasteiger partial charge on any atom is 0.0133 e. The summed E-state index contributed by atoms with van der Waals surface area (Å²) in [6.07, 6.45) is 6.45. The van der Waals surface area contributed by atoms with E-state index in [1.165, 1.54) is 44.3 Å². The van der Waals surface area contributed by atoms with Gasteiger partial charge in [-0.25, -0.2) is 0 Å². The smallest absolute Gasteiger partial charge is 0.0133 e. The summed E-state index contributed by atoms with van der Waals surface area (Å²) in [5, 5.41) is 0. The van der Waals surface area contributed by atoms with Gasteiger partial charge in [-0.15, -0.1) is 0 Å². The Kier molecular flexibility index (Phi) is 4.51. The van der Waals surface area contributed by atoms with Crippen molar-refractivity contribution in [1.29, 1.82) is 0 Å². The predicted molar refractivity (Wildman–Crippen MR) is 58.9 cm³/mol. The van der Waals surface area contributed by atoms with E-state index in [1.54, 1.807) is 0 Å². The van der Waals surface area contributed by atoms with Gasteiger partial charge in [0.25, 0.3) is 0 Å². The van der Waals surface area contributed by atoms with Crippen molar-refractivity contribution >= 4 is 0 Å². The summed E-state index contributed by atoms with van der Waals surface area (Å²) in [5.74, 6) is 0. The number of likely N-dealkylation sites (tertiary alicyclic amines) is 1. The van der Waals surface area contributed by atoms with Crippen LogP contribution >= 0.6 is 0 Å². The maximum atomic E-state index is 4.10. The van der Waals surface area contributed by atoms with Crippen molar-refractivity contribution in [1.82, 2.24) is 4.90 Å². The zero-order valence-corrected chi connectivity index (χ0v) is 9.18. The summed E-state index contributed by atoms with van der Waals surface area (Å²) in [6.45, 7) is 11.2. The summed E-state index contributed by atoms with van der Waals surface area (Å²) in [7, 11) is 0. The average Bonchev–Trinajstić information content (AvgIpc) is 2.54. The maximum absolute atomic E-state index is 4.10. The number of hydrogen-bond donors (Lipinski definition) is 0. The molecule has 1 aliphatic heterocycles. The first-order chi connectivity index (χ1) is 6.27. The van der Waals surface area contributed by atoms with Crippen molar-refractivity contribution in [3.05, 3.63) is 12.2 Å². The molecule has 1 unspecified atom stereocenters. The summed E-state index contributed by atoms with van der Waals surface area (Å²) in [4.78, 5) is 2.64. The fraction of sp³-hybridized carbons (Fsp3) is 0.833.